The van der Waals surface area contributed by atoms with Gasteiger partial charge in [-0.25, -0.2) is 13.1 Å². The molecule has 8 nitrogen and oxygen atoms in total. The van der Waals surface area contributed by atoms with Crippen molar-refractivity contribution in [2.24, 2.45) is 10.9 Å². The number of hydrogen-bond donors (Lipinski definition) is 3. The predicted molar refractivity (Wildman–Crippen MR) is 119 cm³/mol. The van der Waals surface area contributed by atoms with Crippen LogP contribution in [0.3, 0.4) is 0 Å². The Balaban J connectivity index is 1.72. The van der Waals surface area contributed by atoms with Gasteiger partial charge in [-0.1, -0.05) is 26.0 Å². The van der Waals surface area contributed by atoms with E-state index < -0.39 is 10.0 Å². The molecule has 0 spiro atoms. The Labute approximate surface area is 180 Å². The molecule has 1 aromatic carbocycles. The highest BCUT2D eigenvalue weighted by Crippen LogP contribution is 2.14. The summed E-state index contributed by atoms with van der Waals surface area (Å²) in [5, 5.41) is 6.42. The van der Waals surface area contributed by atoms with Gasteiger partial charge in [0.1, 0.15) is 0 Å². The molecule has 1 aliphatic rings. The molecule has 1 fully saturated rings. The molecule has 1 saturated heterocycles. The second-order valence-corrected chi connectivity index (χ2v) is 9.55. The largest absolute Gasteiger partial charge is 0.380 e. The Kier molecular flexibility index (Phi) is 10.6. The summed E-state index contributed by atoms with van der Waals surface area (Å²) in [6, 6.07) is 6.84. The van der Waals surface area contributed by atoms with Crippen molar-refractivity contribution >= 4 is 16.0 Å². The van der Waals surface area contributed by atoms with Crippen LogP contribution in [0.4, 0.5) is 0 Å². The number of guanidine groups is 1. The van der Waals surface area contributed by atoms with Crippen LogP contribution in [-0.4, -0.2) is 60.4 Å². The zero-order chi connectivity index (χ0) is 21.8. The van der Waals surface area contributed by atoms with Crippen molar-refractivity contribution in [2.45, 2.75) is 50.7 Å². The molecule has 2 rings (SSSR count). The maximum Gasteiger partial charge on any atom is 0.240 e. The van der Waals surface area contributed by atoms with Crippen LogP contribution in [0.1, 0.15) is 38.7 Å². The van der Waals surface area contributed by atoms with Crippen molar-refractivity contribution in [3.05, 3.63) is 29.8 Å². The van der Waals surface area contributed by atoms with Crippen LogP contribution in [0.15, 0.2) is 34.2 Å². The van der Waals surface area contributed by atoms with E-state index in [2.05, 4.69) is 34.2 Å². The normalized spacial score (nSPS) is 17.5. The number of ether oxygens (including phenoxy) is 2. The molecule has 0 radical (unpaired) electrons. The monoisotopic (exact) mass is 440 g/mol. The van der Waals surface area contributed by atoms with E-state index in [9.17, 15) is 8.42 Å². The van der Waals surface area contributed by atoms with Gasteiger partial charge >= 0.3 is 0 Å². The maximum absolute atomic E-state index is 12.4. The van der Waals surface area contributed by atoms with E-state index in [1.807, 2.05) is 0 Å². The van der Waals surface area contributed by atoms with Gasteiger partial charge < -0.3 is 20.1 Å². The number of benzene rings is 1. The summed E-state index contributed by atoms with van der Waals surface area (Å²) >= 11 is 0. The van der Waals surface area contributed by atoms with Gasteiger partial charge in [0.25, 0.3) is 0 Å². The van der Waals surface area contributed by atoms with Crippen LogP contribution >= 0.6 is 0 Å². The summed E-state index contributed by atoms with van der Waals surface area (Å²) in [4.78, 5) is 4.44. The summed E-state index contributed by atoms with van der Waals surface area (Å²) < 4.78 is 38.5. The van der Waals surface area contributed by atoms with Crippen LogP contribution < -0.4 is 15.4 Å². The van der Waals surface area contributed by atoms with Crippen molar-refractivity contribution in [1.82, 2.24) is 15.4 Å². The molecule has 0 saturated carbocycles. The molecule has 1 unspecified atom stereocenters. The van der Waals surface area contributed by atoms with Crippen molar-refractivity contribution in [3.8, 4) is 0 Å². The predicted octanol–water partition coefficient (Wildman–Crippen LogP) is 1.87. The second-order valence-electron chi connectivity index (χ2n) is 7.78. The summed E-state index contributed by atoms with van der Waals surface area (Å²) in [6.07, 6.45) is 2.91. The van der Waals surface area contributed by atoms with E-state index in [0.29, 0.717) is 44.7 Å². The first-order valence-electron chi connectivity index (χ1n) is 10.6. The lowest BCUT2D eigenvalue weighted by Gasteiger charge is -2.13. The van der Waals surface area contributed by atoms with Crippen molar-refractivity contribution in [1.29, 1.82) is 0 Å². The lowest BCUT2D eigenvalue weighted by molar-refractivity contribution is 0.114. The molecule has 1 heterocycles. The molecular formula is C21H36N4O4S. The van der Waals surface area contributed by atoms with Gasteiger partial charge in [-0.15, -0.1) is 0 Å². The molecule has 1 aliphatic heterocycles. The lowest BCUT2D eigenvalue weighted by Crippen LogP contribution is -2.38. The Morgan fingerprint density at radius 3 is 2.63 bits per heavy atom. The zero-order valence-corrected chi connectivity index (χ0v) is 19.1. The molecule has 170 valence electrons. The smallest absolute Gasteiger partial charge is 0.240 e. The van der Waals surface area contributed by atoms with Gasteiger partial charge in [0, 0.05) is 39.9 Å². The topological polar surface area (TPSA) is 101 Å². The zero-order valence-electron chi connectivity index (χ0n) is 18.3. The number of rotatable bonds is 12. The quantitative estimate of drug-likeness (QED) is 0.261. The van der Waals surface area contributed by atoms with E-state index in [1.54, 1.807) is 31.3 Å². The molecule has 9 heteroatoms. The van der Waals surface area contributed by atoms with E-state index in [0.717, 1.165) is 31.4 Å². The van der Waals surface area contributed by atoms with Crippen LogP contribution in [0.5, 0.6) is 0 Å². The Hall–Kier alpha value is -1.68. The highest BCUT2D eigenvalue weighted by atomic mass is 32.2. The Morgan fingerprint density at radius 1 is 1.23 bits per heavy atom. The number of nitrogens with zero attached hydrogens (tertiary/aromatic N) is 1. The summed E-state index contributed by atoms with van der Waals surface area (Å²) in [6.45, 7) is 7.98. The van der Waals surface area contributed by atoms with Crippen LogP contribution in [0.25, 0.3) is 0 Å². The van der Waals surface area contributed by atoms with Gasteiger partial charge in [0.05, 0.1) is 17.6 Å². The molecule has 0 aromatic heterocycles. The summed E-state index contributed by atoms with van der Waals surface area (Å²) in [5.74, 6) is 1.32. The van der Waals surface area contributed by atoms with Gasteiger partial charge in [-0.05, 0) is 42.9 Å². The Morgan fingerprint density at radius 2 is 2.00 bits per heavy atom. The summed E-state index contributed by atoms with van der Waals surface area (Å²) in [5.41, 5.74) is 0.962. The number of nitrogens with one attached hydrogen (secondary N) is 3. The van der Waals surface area contributed by atoms with Gasteiger partial charge in [-0.3, -0.25) is 4.99 Å². The fraction of sp³-hybridized carbons (Fsp3) is 0.667. The fourth-order valence-electron chi connectivity index (χ4n) is 2.95. The molecule has 1 atom stereocenters. The minimum absolute atomic E-state index is 0.0249. The average Bonchev–Trinajstić information content (AvgIpc) is 3.25. The second kappa shape index (κ2) is 12.9. The van der Waals surface area contributed by atoms with Gasteiger partial charge in [0.2, 0.25) is 10.0 Å². The molecule has 0 bridgehead atoms. The molecule has 0 amide bonds. The highest BCUT2D eigenvalue weighted by Gasteiger charge is 2.20. The van der Waals surface area contributed by atoms with Crippen LogP contribution in [-0.2, 0) is 26.0 Å². The highest BCUT2D eigenvalue weighted by molar-refractivity contribution is 7.89. The number of sulfonamides is 1. The SMILES string of the molecule is CN=C(NCCOCCC(C)C)NCc1ccc(S(=O)(=O)NCC2CCCO2)cc1. The molecule has 30 heavy (non-hydrogen) atoms. The minimum atomic E-state index is -3.53. The third-order valence-corrected chi connectivity index (χ3v) is 6.26. The van der Waals surface area contributed by atoms with Crippen LogP contribution in [0.2, 0.25) is 0 Å². The van der Waals surface area contributed by atoms with Crippen LogP contribution in [0, 0.1) is 5.92 Å². The number of hydrogen-bond acceptors (Lipinski definition) is 5. The van der Waals surface area contributed by atoms with Gasteiger partial charge in [0.15, 0.2) is 5.96 Å². The third-order valence-electron chi connectivity index (χ3n) is 4.82. The van der Waals surface area contributed by atoms with E-state index in [1.165, 1.54) is 0 Å². The molecular weight excluding hydrogens is 404 g/mol. The third kappa shape index (κ3) is 8.99. The first-order valence-corrected chi connectivity index (χ1v) is 12.1. The standard InChI is InChI=1S/C21H36N4O4S/c1-17(2)10-13-28-14-11-23-21(22-3)24-15-18-6-8-20(9-7-18)30(26,27)25-16-19-5-4-12-29-19/h6-9,17,19,25H,4-5,10-16H2,1-3H3,(H2,22,23,24). The fourth-order valence-corrected chi connectivity index (χ4v) is 4.01. The molecule has 1 aromatic rings. The summed E-state index contributed by atoms with van der Waals surface area (Å²) in [7, 11) is -1.81. The first kappa shape index (κ1) is 24.6. The average molecular weight is 441 g/mol. The van der Waals surface area contributed by atoms with Crippen molar-refractivity contribution in [2.75, 3.05) is 40.0 Å². The van der Waals surface area contributed by atoms with Crippen molar-refractivity contribution in [3.63, 3.8) is 0 Å². The first-order chi connectivity index (χ1) is 14.4. The maximum atomic E-state index is 12.4. The minimum Gasteiger partial charge on any atom is -0.380 e. The van der Waals surface area contributed by atoms with E-state index in [-0.39, 0.29) is 11.0 Å². The van der Waals surface area contributed by atoms with Gasteiger partial charge in [-0.2, -0.15) is 0 Å². The molecule has 3 N–H and O–H groups in total. The number of aliphatic imine (C=N–C) groups is 1. The lowest BCUT2D eigenvalue weighted by atomic mass is 10.1. The van der Waals surface area contributed by atoms with Crippen molar-refractivity contribution < 1.29 is 17.9 Å². The Bertz CT molecular complexity index is 745. The van der Waals surface area contributed by atoms with E-state index in [4.69, 9.17) is 9.47 Å². The van der Waals surface area contributed by atoms with E-state index >= 15 is 0 Å². The molecule has 0 aliphatic carbocycles.